The molecule has 107 heavy (non-hydrogen) atoms. The molecule has 33 heteroatoms. The van der Waals surface area contributed by atoms with E-state index in [2.05, 4.69) is 54.2 Å². The van der Waals surface area contributed by atoms with Crippen LogP contribution in [0.25, 0.3) is 0 Å². The van der Waals surface area contributed by atoms with Gasteiger partial charge in [-0.3, -0.25) is 48.3 Å². The number of ketones is 2. The number of hydrogen-bond acceptors (Lipinski definition) is 21. The summed E-state index contributed by atoms with van der Waals surface area (Å²) in [6.07, 6.45) is 6.49. The Balaban J connectivity index is 0.000000213. The zero-order valence-corrected chi connectivity index (χ0v) is 61.6. The molecule has 4 saturated heterocycles. The number of amides is 6. The zero-order chi connectivity index (χ0) is 77.0. The number of hydrogen-bond donors (Lipinski definition) is 11. The molecule has 6 amide bonds. The average molecular weight is 1490 g/mol. The molecule has 14 atom stereocenters. The van der Waals surface area contributed by atoms with Gasteiger partial charge in [0.2, 0.25) is 23.6 Å². The molecule has 4 aliphatic carbocycles. The summed E-state index contributed by atoms with van der Waals surface area (Å²) >= 11 is 0. The predicted octanol–water partition coefficient (Wildman–Crippen LogP) is 1.20. The number of carboxylic acids is 2. The number of benzene rings is 2. The number of aliphatic carboxylic acids is 2. The largest absolute Gasteiger partial charge is 0.493 e. The van der Waals surface area contributed by atoms with Crippen molar-refractivity contribution in [3.63, 3.8) is 0 Å². The molecule has 2 aromatic rings. The van der Waals surface area contributed by atoms with Gasteiger partial charge in [-0.15, -0.1) is 0 Å². The van der Waals surface area contributed by atoms with E-state index in [0.29, 0.717) is 73.4 Å². The number of aliphatic hydroxyl groups is 1. The third-order valence-electron chi connectivity index (χ3n) is 23.8. The Labute approximate surface area is 620 Å². The van der Waals surface area contributed by atoms with Crippen molar-refractivity contribution in [3.05, 3.63) is 70.2 Å². The maximum absolute atomic E-state index is 14.1. The first kappa shape index (κ1) is 78.3. The number of nitrogens with one attached hydrogen (secondary N) is 4. The number of carbonyl (C=O) groups excluding carboxylic acids is 8. The Morgan fingerprint density at radius 1 is 0.626 bits per heavy atom. The molecule has 15 N–H and O–H groups in total. The highest BCUT2D eigenvalue weighted by atomic mass is 16.6. The van der Waals surface area contributed by atoms with E-state index in [4.69, 9.17) is 51.4 Å². The van der Waals surface area contributed by atoms with Crippen LogP contribution in [0, 0.1) is 29.6 Å². The van der Waals surface area contributed by atoms with E-state index in [1.54, 1.807) is 20.3 Å². The van der Waals surface area contributed by atoms with Gasteiger partial charge < -0.3 is 108 Å². The SMILES string of the molecule is COc1ccc2c3c1OC1C(OC(=O)N4CCC(C(=O)O)CC4CNC(=O)[C@H](CCCN=C(N)N)CC(=O)CNC(C)=O)=CCC4[C@@H](C2)N(C)CC[C@]314.COc1ccc2c3c1OC1C(OC(=O)N4CCC(C(=O)O)CC4CNC(=O)[C@H](CCCN=C(N)N)CC(=O)CNC(C)=O)=CC[C@@]4(O)[C@@H](C2)N(C)CC[C@]314. The number of methoxy groups -OCH3 is 2. The molecule has 33 nitrogen and oxygen atoms in total. The van der Waals surface area contributed by atoms with E-state index in [1.807, 2.05) is 31.3 Å². The number of aliphatic imine (C=N–C) groups is 2. The first-order valence-electron chi connectivity index (χ1n) is 36.9. The van der Waals surface area contributed by atoms with Gasteiger partial charge in [-0.25, -0.2) is 9.59 Å². The van der Waals surface area contributed by atoms with E-state index in [-0.39, 0.29) is 169 Å². The van der Waals surface area contributed by atoms with Crippen molar-refractivity contribution in [2.24, 2.45) is 62.5 Å². The highest BCUT2D eigenvalue weighted by Gasteiger charge is 2.72. The van der Waals surface area contributed by atoms with E-state index in [1.165, 1.54) is 29.2 Å². The van der Waals surface area contributed by atoms with Crippen LogP contribution in [0.4, 0.5) is 9.59 Å². The molecule has 2 spiro atoms. The van der Waals surface area contributed by atoms with Crippen LogP contribution >= 0.6 is 0 Å². The minimum Gasteiger partial charge on any atom is -0.493 e. The van der Waals surface area contributed by atoms with Crippen LogP contribution in [0.2, 0.25) is 0 Å². The molecule has 0 radical (unpaired) electrons. The van der Waals surface area contributed by atoms with Gasteiger partial charge in [0.15, 0.2) is 58.7 Å². The molecule has 12 rings (SSSR count). The second kappa shape index (κ2) is 32.8. The fourth-order valence-electron chi connectivity index (χ4n) is 18.5. The number of nitrogens with zero attached hydrogens (tertiary/aromatic N) is 6. The number of rotatable bonds is 28. The third-order valence-corrected chi connectivity index (χ3v) is 23.8. The molecule has 10 aliphatic rings. The summed E-state index contributed by atoms with van der Waals surface area (Å²) in [6.45, 7) is 4.24. The number of guanidine groups is 2. The zero-order valence-electron chi connectivity index (χ0n) is 61.6. The first-order chi connectivity index (χ1) is 51.0. The van der Waals surface area contributed by atoms with Crippen LogP contribution in [0.5, 0.6) is 23.0 Å². The molecule has 7 unspecified atom stereocenters. The molecule has 4 bridgehead atoms. The smallest absolute Gasteiger partial charge is 0.415 e. The molecule has 4 fully saturated rings. The number of likely N-dealkylation sites (N-methyl/N-ethyl adjacent to an activating group) is 2. The van der Waals surface area contributed by atoms with Crippen molar-refractivity contribution in [1.82, 2.24) is 40.9 Å². The van der Waals surface area contributed by atoms with Crippen LogP contribution < -0.4 is 63.1 Å². The van der Waals surface area contributed by atoms with Gasteiger partial charge >= 0.3 is 24.1 Å². The minimum atomic E-state index is -1.19. The summed E-state index contributed by atoms with van der Waals surface area (Å²) in [5.41, 5.74) is 23.6. The maximum atomic E-state index is 14.1. The summed E-state index contributed by atoms with van der Waals surface area (Å²) in [4.78, 5) is 143. The molecule has 6 heterocycles. The Kier molecular flexibility index (Phi) is 24.0. The second-order valence-electron chi connectivity index (χ2n) is 30.0. The monoisotopic (exact) mass is 1490 g/mol. The standard InChI is InChI=1S/C37H51N7O10.C37H51N7O9/c1-20(45)41-19-25(46)16-22(5-4-12-40-34(38)39)32(47)42-18-24-15-23(33(48)49)9-13-44(24)35(50)53-27-8-10-37(51)28-17-21-6-7-26(52-3)30-29(21)36(37,31(27)54-30)11-14-43(28)2;1-20(45)41-19-25(46)16-22(5-4-12-40-35(38)39)33(47)42-18-24-15-23(34(48)49)10-13-44(24)36(50)52-29-9-7-26-27-17-21-6-8-28(51-3)31-30(21)37(26,32(29)53-31)11-14-43(27)2/h6-8,22-24,28,31,51H,4-5,9-19H2,1-3H3,(H,41,45)(H,42,47)(H,48,49)(H4,38,39,40);6,8-9,22-24,26-27,32H,4-5,7,10-19H2,1-3H3,(H,41,45)(H,42,47)(H,48,49)(H4,38,39,40)/t22-,23?,24?,28-,31?,36+,37-;22-,23?,24?,26?,27-,32?,37+/m11/s1. The van der Waals surface area contributed by atoms with Gasteiger partial charge in [-0.05, 0) is 152 Å². The van der Waals surface area contributed by atoms with Crippen molar-refractivity contribution >= 4 is 71.2 Å². The lowest BCUT2D eigenvalue weighted by Gasteiger charge is -2.61. The number of carboxylic acid groups (broad SMARTS) is 2. The summed E-state index contributed by atoms with van der Waals surface area (Å²) < 4.78 is 37.1. The lowest BCUT2D eigenvalue weighted by atomic mass is 9.50. The van der Waals surface area contributed by atoms with Crippen LogP contribution in [-0.4, -0.2) is 242 Å². The van der Waals surface area contributed by atoms with Crippen molar-refractivity contribution in [2.75, 3.05) is 93.8 Å². The number of ether oxygens (including phenoxy) is 6. The number of carbonyl (C=O) groups is 10. The van der Waals surface area contributed by atoms with E-state index < -0.39 is 94.9 Å². The molecule has 0 aromatic heterocycles. The van der Waals surface area contributed by atoms with Gasteiger partial charge in [0.25, 0.3) is 0 Å². The van der Waals surface area contributed by atoms with Gasteiger partial charge in [0.1, 0.15) is 11.5 Å². The van der Waals surface area contributed by atoms with Gasteiger partial charge in [0, 0.05) is 113 Å². The second-order valence-corrected chi connectivity index (χ2v) is 30.0. The van der Waals surface area contributed by atoms with E-state index in [0.717, 1.165) is 36.1 Å². The Bertz CT molecular complexity index is 3930. The summed E-state index contributed by atoms with van der Waals surface area (Å²) in [5, 5.41) is 42.9. The van der Waals surface area contributed by atoms with Crippen molar-refractivity contribution in [2.45, 2.75) is 169 Å². The van der Waals surface area contributed by atoms with Gasteiger partial charge in [0.05, 0.1) is 62.2 Å². The quantitative estimate of drug-likeness (QED) is 0.0324. The number of piperidine rings is 4. The topological polar surface area (TPSA) is 477 Å². The van der Waals surface area contributed by atoms with E-state index in [9.17, 15) is 63.3 Å². The lowest BCUT2D eigenvalue weighted by Crippen LogP contribution is -2.74. The van der Waals surface area contributed by atoms with Crippen molar-refractivity contribution < 1.29 is 91.7 Å². The highest BCUT2D eigenvalue weighted by Crippen LogP contribution is 2.67. The third kappa shape index (κ3) is 15.8. The number of allylic oxidation sites excluding steroid dienone is 1. The first-order valence-corrected chi connectivity index (χ1v) is 36.9. The Hall–Kier alpha value is -9.76. The number of likely N-dealkylation sites (tertiary alicyclic amines) is 4. The molecular weight excluding hydrogens is 1390 g/mol. The summed E-state index contributed by atoms with van der Waals surface area (Å²) in [5.74, 6) is -4.14. The number of nitrogens with two attached hydrogens (primary N) is 4. The van der Waals surface area contributed by atoms with E-state index >= 15 is 0 Å². The van der Waals surface area contributed by atoms with Gasteiger partial charge in [-0.1, -0.05) is 12.1 Å². The molecule has 2 aromatic carbocycles. The minimum absolute atomic E-state index is 0.0486. The van der Waals surface area contributed by atoms with Crippen LogP contribution in [0.3, 0.4) is 0 Å². The fourth-order valence-corrected chi connectivity index (χ4v) is 18.5. The Morgan fingerprint density at radius 2 is 1.11 bits per heavy atom. The highest BCUT2D eigenvalue weighted by molar-refractivity contribution is 5.91. The predicted molar refractivity (Wildman–Crippen MR) is 386 cm³/mol. The average Bonchev–Trinajstić information content (AvgIpc) is 1.56. The molecule has 582 valence electrons. The summed E-state index contributed by atoms with van der Waals surface area (Å²) in [7, 11) is 7.35. The normalized spacial score (nSPS) is 27.8. The molecular formula is C74H102N14O19. The summed E-state index contributed by atoms with van der Waals surface area (Å²) in [6, 6.07) is 6.62. The maximum Gasteiger partial charge on any atom is 0.415 e. The fraction of sp³-hybridized carbons (Fsp3) is 0.622. The Morgan fingerprint density at radius 3 is 1.61 bits per heavy atom. The lowest BCUT2D eigenvalue weighted by molar-refractivity contribution is -0.163. The van der Waals surface area contributed by atoms with Crippen LogP contribution in [0.1, 0.15) is 126 Å². The van der Waals surface area contributed by atoms with Crippen LogP contribution in [0.15, 0.2) is 57.9 Å². The molecule has 6 aliphatic heterocycles. The number of Topliss-reactive ketones (excluding diaryl/α,β-unsaturated/α-hetero) is 2. The van der Waals surface area contributed by atoms with Gasteiger partial charge in [-0.2, -0.15) is 0 Å². The molecule has 0 saturated carbocycles. The van der Waals surface area contributed by atoms with Crippen molar-refractivity contribution in [1.29, 1.82) is 0 Å². The van der Waals surface area contributed by atoms with Crippen molar-refractivity contribution in [3.8, 4) is 23.0 Å². The van der Waals surface area contributed by atoms with Crippen LogP contribution in [-0.2, 0) is 71.5 Å².